The first-order valence-electron chi connectivity index (χ1n) is 12.4. The monoisotopic (exact) mass is 505 g/mol. The normalized spacial score (nSPS) is 22.8. The minimum Gasteiger partial charge on any atom is -0.449 e. The van der Waals surface area contributed by atoms with Gasteiger partial charge in [0.15, 0.2) is 5.82 Å². The molecule has 0 spiro atoms. The van der Waals surface area contributed by atoms with E-state index in [4.69, 9.17) is 10.5 Å². The highest BCUT2D eigenvalue weighted by Gasteiger charge is 2.35. The Kier molecular flexibility index (Phi) is 8.78. The van der Waals surface area contributed by atoms with E-state index in [1.807, 2.05) is 28.1 Å². The molecule has 36 heavy (non-hydrogen) atoms. The lowest BCUT2D eigenvalue weighted by Gasteiger charge is -2.38. The number of amides is 2. The number of hydrogen-bond donors (Lipinski definition) is 3. The van der Waals surface area contributed by atoms with Crippen LogP contribution in [0.25, 0.3) is 0 Å². The molecule has 200 valence electrons. The highest BCUT2D eigenvalue weighted by atomic mass is 19.1. The largest absolute Gasteiger partial charge is 0.449 e. The van der Waals surface area contributed by atoms with Gasteiger partial charge in [-0.25, -0.2) is 9.18 Å². The Morgan fingerprint density at radius 1 is 1.33 bits per heavy atom. The first-order valence-corrected chi connectivity index (χ1v) is 12.4. The molecule has 0 radical (unpaired) electrons. The molecule has 2 unspecified atom stereocenters. The van der Waals surface area contributed by atoms with Crippen LogP contribution in [0.1, 0.15) is 50.0 Å². The number of nitrogens with one attached hydrogen (secondary N) is 2. The predicted molar refractivity (Wildman–Crippen MR) is 137 cm³/mol. The zero-order valence-corrected chi connectivity index (χ0v) is 22.2. The summed E-state index contributed by atoms with van der Waals surface area (Å²) >= 11 is 0. The zero-order valence-electron chi connectivity index (χ0n) is 22.2. The third-order valence-electron chi connectivity index (χ3n) is 6.62. The van der Waals surface area contributed by atoms with Gasteiger partial charge in [0.2, 0.25) is 0 Å². The number of carbonyl (C=O) groups is 2. The molecule has 1 aliphatic carbocycles. The molecule has 0 bridgehead atoms. The number of rotatable bonds is 9. The summed E-state index contributed by atoms with van der Waals surface area (Å²) in [5, 5.41) is 11.1. The molecule has 4 N–H and O–H groups in total. The summed E-state index contributed by atoms with van der Waals surface area (Å²) < 4.78 is 21.0. The molecule has 0 aromatic carbocycles. The van der Waals surface area contributed by atoms with E-state index in [-0.39, 0.29) is 47.3 Å². The molecule has 1 aromatic rings. The van der Waals surface area contributed by atoms with Crippen LogP contribution in [0.5, 0.6) is 0 Å². The second-order valence-electron chi connectivity index (χ2n) is 10.9. The van der Waals surface area contributed by atoms with Crippen molar-refractivity contribution >= 4 is 17.8 Å². The Morgan fingerprint density at radius 3 is 2.67 bits per heavy atom. The van der Waals surface area contributed by atoms with Crippen LogP contribution < -0.4 is 16.4 Å². The Balaban J connectivity index is 1.77. The second-order valence-corrected chi connectivity index (χ2v) is 10.9. The molecular formula is C25H40FN7O3. The summed E-state index contributed by atoms with van der Waals surface area (Å²) in [6.45, 7) is 8.04. The molecule has 11 heteroatoms. The van der Waals surface area contributed by atoms with Crippen molar-refractivity contribution in [2.45, 2.75) is 45.7 Å². The summed E-state index contributed by atoms with van der Waals surface area (Å²) in [4.78, 5) is 28.9. The van der Waals surface area contributed by atoms with Gasteiger partial charge < -0.3 is 30.9 Å². The van der Waals surface area contributed by atoms with Gasteiger partial charge in [-0.15, -0.1) is 0 Å². The van der Waals surface area contributed by atoms with Crippen molar-refractivity contribution in [3.8, 4) is 0 Å². The number of piperidine rings is 1. The summed E-state index contributed by atoms with van der Waals surface area (Å²) in [7, 11) is 5.85. The fourth-order valence-corrected chi connectivity index (χ4v) is 4.90. The zero-order chi connectivity index (χ0) is 26.6. The number of likely N-dealkylation sites (tertiary alicyclic amines) is 1. The smallest absolute Gasteiger partial charge is 0.409 e. The van der Waals surface area contributed by atoms with Crippen molar-refractivity contribution in [1.82, 2.24) is 24.9 Å². The Morgan fingerprint density at radius 2 is 2.06 bits per heavy atom. The van der Waals surface area contributed by atoms with Crippen LogP contribution in [-0.2, 0) is 4.74 Å². The number of allylic oxidation sites excluding steroid dienone is 4. The van der Waals surface area contributed by atoms with Gasteiger partial charge in [0.25, 0.3) is 5.91 Å². The molecule has 2 heterocycles. The topological polar surface area (TPSA) is 118 Å². The highest BCUT2D eigenvalue weighted by molar-refractivity contribution is 5.97. The van der Waals surface area contributed by atoms with E-state index in [1.54, 1.807) is 21.9 Å². The summed E-state index contributed by atoms with van der Waals surface area (Å²) in [6, 6.07) is -0.215. The Bertz CT molecular complexity index is 1020. The van der Waals surface area contributed by atoms with Gasteiger partial charge in [-0.3, -0.25) is 9.48 Å². The van der Waals surface area contributed by atoms with Gasteiger partial charge in [-0.2, -0.15) is 5.10 Å². The van der Waals surface area contributed by atoms with Crippen molar-refractivity contribution in [2.75, 3.05) is 52.7 Å². The lowest BCUT2D eigenvalue weighted by atomic mass is 9.94. The molecule has 2 amide bonds. The fourth-order valence-electron chi connectivity index (χ4n) is 4.90. The van der Waals surface area contributed by atoms with E-state index >= 15 is 0 Å². The van der Waals surface area contributed by atoms with Gasteiger partial charge in [0.05, 0.1) is 12.6 Å². The molecule has 1 aliphatic heterocycles. The SMILES string of the molecule is CN[C@@H]1CCN(C(=O)OCC(C)(C)CN(C)C)CC1n1cc(C(N)=O)c(NC2=CC=C(F)CC2C)n1. The van der Waals surface area contributed by atoms with E-state index in [0.29, 0.717) is 31.9 Å². The van der Waals surface area contributed by atoms with Crippen LogP contribution in [0.2, 0.25) is 0 Å². The Labute approximate surface area is 212 Å². The van der Waals surface area contributed by atoms with E-state index < -0.39 is 5.91 Å². The number of hydrogen-bond acceptors (Lipinski definition) is 7. The fraction of sp³-hybridized carbons (Fsp3) is 0.640. The van der Waals surface area contributed by atoms with Crippen molar-refractivity contribution in [1.29, 1.82) is 0 Å². The number of anilines is 1. The number of primary amides is 1. The molecule has 1 aromatic heterocycles. The van der Waals surface area contributed by atoms with E-state index in [0.717, 1.165) is 12.2 Å². The lowest BCUT2D eigenvalue weighted by Crippen LogP contribution is -2.51. The standard InChI is InChI=1S/C25H40FN7O3/c1-16-11-17(26)7-8-19(16)29-23-18(22(27)34)12-33(30-23)21-13-32(10-9-20(21)28-4)24(35)36-15-25(2,3)14-31(5)6/h7-8,12,16,20-21,28H,9-11,13-15H2,1-6H3,(H2,27,34)(H,29,30)/t16?,20-,21?/m1/s1. The van der Waals surface area contributed by atoms with Crippen LogP contribution in [0.4, 0.5) is 15.0 Å². The molecule has 3 rings (SSSR count). The van der Waals surface area contributed by atoms with Gasteiger partial charge in [-0.05, 0) is 39.7 Å². The average molecular weight is 506 g/mol. The quantitative estimate of drug-likeness (QED) is 0.472. The maximum absolute atomic E-state index is 13.6. The maximum Gasteiger partial charge on any atom is 0.409 e. The van der Waals surface area contributed by atoms with Crippen LogP contribution in [0.3, 0.4) is 0 Å². The average Bonchev–Trinajstić information content (AvgIpc) is 3.22. The number of likely N-dealkylation sites (N-methyl/N-ethyl adjacent to an activating group) is 1. The molecule has 1 saturated heterocycles. The van der Waals surface area contributed by atoms with Crippen molar-refractivity contribution in [3.05, 3.63) is 35.4 Å². The van der Waals surface area contributed by atoms with Crippen molar-refractivity contribution < 1.29 is 18.7 Å². The van der Waals surface area contributed by atoms with Gasteiger partial charge >= 0.3 is 6.09 Å². The van der Waals surface area contributed by atoms with Gasteiger partial charge in [-0.1, -0.05) is 20.8 Å². The van der Waals surface area contributed by atoms with E-state index in [2.05, 4.69) is 34.5 Å². The second kappa shape index (κ2) is 11.4. The molecule has 2 aliphatic rings. The number of nitrogens with two attached hydrogens (primary N) is 1. The van der Waals surface area contributed by atoms with Crippen molar-refractivity contribution in [3.63, 3.8) is 0 Å². The number of ether oxygens (including phenoxy) is 1. The third-order valence-corrected chi connectivity index (χ3v) is 6.62. The third kappa shape index (κ3) is 6.85. The molecule has 1 fully saturated rings. The van der Waals surface area contributed by atoms with Crippen LogP contribution in [0, 0.1) is 11.3 Å². The summed E-state index contributed by atoms with van der Waals surface area (Å²) in [5.74, 6) is -0.588. The number of halogens is 1. The number of carbonyl (C=O) groups excluding carboxylic acids is 2. The maximum atomic E-state index is 13.6. The van der Waals surface area contributed by atoms with E-state index in [9.17, 15) is 14.0 Å². The molecule has 0 saturated carbocycles. The molecule has 10 nitrogen and oxygen atoms in total. The molecular weight excluding hydrogens is 465 g/mol. The summed E-state index contributed by atoms with van der Waals surface area (Å²) in [6.07, 6.45) is 5.28. The molecule has 3 atom stereocenters. The Hall–Kier alpha value is -2.92. The van der Waals surface area contributed by atoms with Crippen LogP contribution in [-0.4, -0.2) is 85.0 Å². The van der Waals surface area contributed by atoms with Crippen LogP contribution in [0.15, 0.2) is 29.9 Å². The minimum atomic E-state index is -0.620. The number of nitrogens with zero attached hydrogens (tertiary/aromatic N) is 4. The lowest BCUT2D eigenvalue weighted by molar-refractivity contribution is 0.0432. The number of aromatic nitrogens is 2. The van der Waals surface area contributed by atoms with Gasteiger partial charge in [0, 0.05) is 55.3 Å². The summed E-state index contributed by atoms with van der Waals surface area (Å²) in [5.41, 5.74) is 6.46. The van der Waals surface area contributed by atoms with Gasteiger partial charge in [0.1, 0.15) is 11.4 Å². The van der Waals surface area contributed by atoms with Crippen LogP contribution >= 0.6 is 0 Å². The van der Waals surface area contributed by atoms with E-state index in [1.165, 1.54) is 6.08 Å². The first kappa shape index (κ1) is 27.7. The first-order chi connectivity index (χ1) is 16.9. The minimum absolute atomic E-state index is 0.0255. The highest BCUT2D eigenvalue weighted by Crippen LogP contribution is 2.30. The predicted octanol–water partition coefficient (Wildman–Crippen LogP) is 2.73. The van der Waals surface area contributed by atoms with Crippen molar-refractivity contribution in [2.24, 2.45) is 17.1 Å².